The smallest absolute Gasteiger partial charge is 0.249 e. The van der Waals surface area contributed by atoms with Crippen molar-refractivity contribution in [2.45, 2.75) is 193 Å². The van der Waals surface area contributed by atoms with Crippen molar-refractivity contribution in [2.75, 3.05) is 6.61 Å². The molecule has 5 nitrogen and oxygen atoms in total. The largest absolute Gasteiger partial charge is 0.394 e. The standard InChI is InChI=1S/C34H67NO4/c1-3-5-7-9-11-13-14-15-16-17-18-19-20-21-23-24-26-28-32(37)31(30-36)35-34(39)33(38)29-27-25-22-12-10-8-6-4-2/h26,28,31-33,36-38H,3-25,27,29-30H2,1-2H3,(H,35,39)/b28-26+. The minimum Gasteiger partial charge on any atom is -0.394 e. The van der Waals surface area contributed by atoms with Crippen LogP contribution in [-0.4, -0.2) is 46.1 Å². The summed E-state index contributed by atoms with van der Waals surface area (Å²) in [6.45, 7) is 4.13. The Labute approximate surface area is 242 Å². The fraction of sp³-hybridized carbons (Fsp3) is 0.912. The molecule has 0 aliphatic rings. The van der Waals surface area contributed by atoms with Gasteiger partial charge in [0.1, 0.15) is 6.10 Å². The molecule has 0 spiro atoms. The fourth-order valence-electron chi connectivity index (χ4n) is 5.12. The van der Waals surface area contributed by atoms with Crippen LogP contribution < -0.4 is 5.32 Å². The summed E-state index contributed by atoms with van der Waals surface area (Å²) in [7, 11) is 0. The molecule has 0 aliphatic heterocycles. The van der Waals surface area contributed by atoms with E-state index in [1.54, 1.807) is 6.08 Å². The van der Waals surface area contributed by atoms with Gasteiger partial charge in [-0.05, 0) is 19.3 Å². The second-order valence-electron chi connectivity index (χ2n) is 11.7. The van der Waals surface area contributed by atoms with Crippen molar-refractivity contribution in [3.05, 3.63) is 12.2 Å². The quantitative estimate of drug-likeness (QED) is 0.0530. The van der Waals surface area contributed by atoms with Crippen LogP contribution in [0.2, 0.25) is 0 Å². The second-order valence-corrected chi connectivity index (χ2v) is 11.7. The van der Waals surface area contributed by atoms with Gasteiger partial charge in [-0.3, -0.25) is 4.79 Å². The van der Waals surface area contributed by atoms with Gasteiger partial charge in [-0.2, -0.15) is 0 Å². The third-order valence-corrected chi connectivity index (χ3v) is 7.88. The highest BCUT2D eigenvalue weighted by Gasteiger charge is 2.22. The van der Waals surface area contributed by atoms with Gasteiger partial charge in [0.15, 0.2) is 0 Å². The van der Waals surface area contributed by atoms with Gasteiger partial charge in [0.2, 0.25) is 5.91 Å². The summed E-state index contributed by atoms with van der Waals surface area (Å²) in [5.41, 5.74) is 0. The third kappa shape index (κ3) is 25.8. The van der Waals surface area contributed by atoms with Gasteiger partial charge < -0.3 is 20.6 Å². The van der Waals surface area contributed by atoms with E-state index in [1.165, 1.54) is 122 Å². The maximum atomic E-state index is 12.3. The molecule has 0 aromatic carbocycles. The van der Waals surface area contributed by atoms with Gasteiger partial charge in [0.05, 0.1) is 18.8 Å². The SMILES string of the molecule is CCCCCCCCCCCCCCCCC/C=C/C(O)C(CO)NC(=O)C(O)CCCCCCCCCC. The Morgan fingerprint density at radius 2 is 1.00 bits per heavy atom. The van der Waals surface area contributed by atoms with E-state index in [0.29, 0.717) is 6.42 Å². The van der Waals surface area contributed by atoms with Gasteiger partial charge in [-0.25, -0.2) is 0 Å². The lowest BCUT2D eigenvalue weighted by molar-refractivity contribution is -0.131. The monoisotopic (exact) mass is 554 g/mol. The lowest BCUT2D eigenvalue weighted by Gasteiger charge is -2.21. The van der Waals surface area contributed by atoms with E-state index in [2.05, 4.69) is 19.2 Å². The van der Waals surface area contributed by atoms with Crippen LogP contribution in [-0.2, 0) is 4.79 Å². The van der Waals surface area contributed by atoms with Crippen molar-refractivity contribution in [2.24, 2.45) is 0 Å². The summed E-state index contributed by atoms with van der Waals surface area (Å²) in [6.07, 6.45) is 32.3. The van der Waals surface area contributed by atoms with E-state index in [9.17, 15) is 20.1 Å². The highest BCUT2D eigenvalue weighted by molar-refractivity contribution is 5.80. The van der Waals surface area contributed by atoms with E-state index in [1.807, 2.05) is 6.08 Å². The first kappa shape index (κ1) is 38.1. The number of allylic oxidation sites excluding steroid dienone is 1. The third-order valence-electron chi connectivity index (χ3n) is 7.88. The van der Waals surface area contributed by atoms with Crippen molar-refractivity contribution in [3.8, 4) is 0 Å². The van der Waals surface area contributed by atoms with Gasteiger partial charge in [-0.15, -0.1) is 0 Å². The van der Waals surface area contributed by atoms with Crippen molar-refractivity contribution in [3.63, 3.8) is 0 Å². The van der Waals surface area contributed by atoms with Crippen LogP contribution >= 0.6 is 0 Å². The van der Waals surface area contributed by atoms with E-state index in [-0.39, 0.29) is 6.61 Å². The molecular weight excluding hydrogens is 486 g/mol. The zero-order valence-corrected chi connectivity index (χ0v) is 26.0. The number of hydrogen-bond donors (Lipinski definition) is 4. The fourth-order valence-corrected chi connectivity index (χ4v) is 5.12. The number of rotatable bonds is 30. The first-order chi connectivity index (χ1) is 19.1. The van der Waals surface area contributed by atoms with Gasteiger partial charge in [-0.1, -0.05) is 167 Å². The Morgan fingerprint density at radius 3 is 1.41 bits per heavy atom. The molecule has 0 aliphatic carbocycles. The number of nitrogens with one attached hydrogen (secondary N) is 1. The molecule has 232 valence electrons. The zero-order chi connectivity index (χ0) is 28.8. The number of unbranched alkanes of at least 4 members (excludes halogenated alkanes) is 22. The predicted molar refractivity (Wildman–Crippen MR) is 167 cm³/mol. The van der Waals surface area contributed by atoms with Crippen LogP contribution in [0.5, 0.6) is 0 Å². The molecule has 0 saturated carbocycles. The molecule has 3 unspecified atom stereocenters. The van der Waals surface area contributed by atoms with Crippen LogP contribution in [0.25, 0.3) is 0 Å². The summed E-state index contributed by atoms with van der Waals surface area (Å²) in [5.74, 6) is -0.508. The molecule has 4 N–H and O–H groups in total. The summed E-state index contributed by atoms with van der Waals surface area (Å²) in [6, 6.07) is -0.789. The molecule has 0 aromatic heterocycles. The molecule has 0 fully saturated rings. The molecule has 3 atom stereocenters. The number of aliphatic hydroxyl groups excluding tert-OH is 3. The summed E-state index contributed by atoms with van der Waals surface area (Å²) < 4.78 is 0. The minimum absolute atomic E-state index is 0.360. The highest BCUT2D eigenvalue weighted by Crippen LogP contribution is 2.14. The Bertz CT molecular complexity index is 539. The number of carbonyl (C=O) groups excluding carboxylic acids is 1. The van der Waals surface area contributed by atoms with E-state index < -0.39 is 24.2 Å². The molecule has 0 aromatic rings. The molecule has 39 heavy (non-hydrogen) atoms. The van der Waals surface area contributed by atoms with Crippen LogP contribution in [0, 0.1) is 0 Å². The van der Waals surface area contributed by atoms with E-state index in [0.717, 1.165) is 32.1 Å². The average molecular weight is 554 g/mol. The summed E-state index contributed by atoms with van der Waals surface area (Å²) in [4.78, 5) is 12.3. The second kappa shape index (κ2) is 30.1. The van der Waals surface area contributed by atoms with Crippen molar-refractivity contribution in [1.29, 1.82) is 0 Å². The molecule has 1 amide bonds. The summed E-state index contributed by atoms with van der Waals surface area (Å²) in [5, 5.41) is 32.7. The number of amides is 1. The number of aliphatic hydroxyl groups is 3. The van der Waals surface area contributed by atoms with Crippen LogP contribution in [0.4, 0.5) is 0 Å². The van der Waals surface area contributed by atoms with Crippen molar-refractivity contribution in [1.82, 2.24) is 5.32 Å². The van der Waals surface area contributed by atoms with Crippen molar-refractivity contribution >= 4 is 5.91 Å². The Morgan fingerprint density at radius 1 is 0.615 bits per heavy atom. The predicted octanol–water partition coefficient (Wildman–Crippen LogP) is 8.53. The first-order valence-corrected chi connectivity index (χ1v) is 17.0. The topological polar surface area (TPSA) is 89.8 Å². The first-order valence-electron chi connectivity index (χ1n) is 17.0. The van der Waals surface area contributed by atoms with Gasteiger partial charge >= 0.3 is 0 Å². The molecule has 0 rings (SSSR count). The van der Waals surface area contributed by atoms with Crippen LogP contribution in [0.1, 0.15) is 174 Å². The molecule has 5 heteroatoms. The highest BCUT2D eigenvalue weighted by atomic mass is 16.3. The van der Waals surface area contributed by atoms with E-state index >= 15 is 0 Å². The summed E-state index contributed by atoms with van der Waals surface area (Å²) >= 11 is 0. The molecular formula is C34H67NO4. The lowest BCUT2D eigenvalue weighted by atomic mass is 10.0. The number of hydrogen-bond acceptors (Lipinski definition) is 4. The number of carbonyl (C=O) groups is 1. The van der Waals surface area contributed by atoms with Gasteiger partial charge in [0, 0.05) is 0 Å². The Hall–Kier alpha value is -0.910. The normalized spacial score (nSPS) is 14.1. The maximum Gasteiger partial charge on any atom is 0.249 e. The molecule has 0 bridgehead atoms. The minimum atomic E-state index is -1.09. The zero-order valence-electron chi connectivity index (χ0n) is 26.0. The molecule has 0 heterocycles. The molecule has 0 radical (unpaired) electrons. The van der Waals surface area contributed by atoms with Gasteiger partial charge in [0.25, 0.3) is 0 Å². The molecule has 0 saturated heterocycles. The maximum absolute atomic E-state index is 12.3. The van der Waals surface area contributed by atoms with Crippen LogP contribution in [0.15, 0.2) is 12.2 Å². The Balaban J connectivity index is 3.72. The Kier molecular flexibility index (Phi) is 29.4. The van der Waals surface area contributed by atoms with Crippen LogP contribution in [0.3, 0.4) is 0 Å². The average Bonchev–Trinajstić information content (AvgIpc) is 2.94. The lowest BCUT2D eigenvalue weighted by Crippen LogP contribution is -2.48. The van der Waals surface area contributed by atoms with E-state index in [4.69, 9.17) is 0 Å². The van der Waals surface area contributed by atoms with Crippen molar-refractivity contribution < 1.29 is 20.1 Å².